The number of hydrogen-bond acceptors (Lipinski definition) is 4. The van der Waals surface area contributed by atoms with E-state index in [0.29, 0.717) is 25.2 Å². The van der Waals surface area contributed by atoms with Gasteiger partial charge in [0.15, 0.2) is 6.10 Å². The maximum Gasteiger partial charge on any atom is 0.256 e. The Balaban J connectivity index is 1.45. The number of carbonyl (C=O) groups is 1. The zero-order chi connectivity index (χ0) is 20.7. The lowest BCUT2D eigenvalue weighted by Crippen LogP contribution is -2.50. The van der Waals surface area contributed by atoms with Crippen LogP contribution in [0.25, 0.3) is 11.1 Å². The third-order valence-corrected chi connectivity index (χ3v) is 6.21. The summed E-state index contributed by atoms with van der Waals surface area (Å²) < 4.78 is 1.86. The second kappa shape index (κ2) is 7.54. The van der Waals surface area contributed by atoms with E-state index in [-0.39, 0.29) is 23.3 Å². The topological polar surface area (TPSA) is 75.4 Å². The van der Waals surface area contributed by atoms with Crippen LogP contribution in [0.3, 0.4) is 0 Å². The number of aromatic nitrogens is 2. The monoisotopic (exact) mass is 401 g/mol. The third-order valence-electron chi connectivity index (χ3n) is 6.21. The Bertz CT molecular complexity index is 1130. The molecule has 1 amide bonds. The molecule has 0 spiro atoms. The van der Waals surface area contributed by atoms with Gasteiger partial charge < -0.3 is 14.6 Å². The van der Waals surface area contributed by atoms with E-state index in [2.05, 4.69) is 11.1 Å². The van der Waals surface area contributed by atoms with Crippen LogP contribution in [0, 0.1) is 5.92 Å². The highest BCUT2D eigenvalue weighted by atomic mass is 16.3. The van der Waals surface area contributed by atoms with Crippen LogP contribution < -0.4 is 5.56 Å². The molecule has 3 atom stereocenters. The lowest BCUT2D eigenvalue weighted by Gasteiger charge is -2.43. The van der Waals surface area contributed by atoms with Gasteiger partial charge in [-0.2, -0.15) is 0 Å². The number of pyridine rings is 2. The molecule has 2 bridgehead atoms. The Labute approximate surface area is 174 Å². The van der Waals surface area contributed by atoms with E-state index in [1.807, 2.05) is 34.9 Å². The molecule has 6 nitrogen and oxygen atoms in total. The molecule has 0 radical (unpaired) electrons. The van der Waals surface area contributed by atoms with Crippen LogP contribution in [-0.4, -0.2) is 38.6 Å². The van der Waals surface area contributed by atoms with E-state index >= 15 is 0 Å². The van der Waals surface area contributed by atoms with Crippen LogP contribution in [0.4, 0.5) is 0 Å². The van der Waals surface area contributed by atoms with E-state index in [0.717, 1.165) is 23.2 Å². The van der Waals surface area contributed by atoms with Crippen molar-refractivity contribution < 1.29 is 9.90 Å². The summed E-state index contributed by atoms with van der Waals surface area (Å²) in [5.41, 5.74) is 3.32. The molecule has 0 aliphatic carbocycles. The van der Waals surface area contributed by atoms with Gasteiger partial charge in [-0.15, -0.1) is 0 Å². The molecule has 5 rings (SSSR count). The molecule has 152 valence electrons. The highest BCUT2D eigenvalue weighted by molar-refractivity contribution is 5.82. The van der Waals surface area contributed by atoms with Crippen LogP contribution >= 0.6 is 0 Å². The third kappa shape index (κ3) is 3.33. The van der Waals surface area contributed by atoms with Crippen molar-refractivity contribution in [3.05, 3.63) is 88.6 Å². The smallest absolute Gasteiger partial charge is 0.256 e. The van der Waals surface area contributed by atoms with Crippen molar-refractivity contribution in [2.45, 2.75) is 25.0 Å². The zero-order valence-electron chi connectivity index (χ0n) is 16.5. The first-order valence-corrected chi connectivity index (χ1v) is 10.3. The Morgan fingerprint density at radius 3 is 2.63 bits per heavy atom. The van der Waals surface area contributed by atoms with Gasteiger partial charge in [-0.25, -0.2) is 0 Å². The minimum absolute atomic E-state index is 0.00912. The quantitative estimate of drug-likeness (QED) is 0.732. The molecule has 30 heavy (non-hydrogen) atoms. The number of aliphatic hydroxyl groups excluding tert-OH is 1. The minimum Gasteiger partial charge on any atom is -0.378 e. The minimum atomic E-state index is -1.16. The predicted octanol–water partition coefficient (Wildman–Crippen LogP) is 2.59. The van der Waals surface area contributed by atoms with E-state index in [1.54, 1.807) is 35.5 Å². The fraction of sp³-hybridized carbons (Fsp3) is 0.292. The molecule has 2 aliphatic rings. The van der Waals surface area contributed by atoms with Crippen molar-refractivity contribution in [3.63, 3.8) is 0 Å². The van der Waals surface area contributed by atoms with Gasteiger partial charge in [-0.1, -0.05) is 36.4 Å². The highest BCUT2D eigenvalue weighted by Gasteiger charge is 2.38. The molecule has 6 heteroatoms. The Morgan fingerprint density at radius 1 is 1.03 bits per heavy atom. The van der Waals surface area contributed by atoms with Crippen LogP contribution in [0.5, 0.6) is 0 Å². The second-order valence-corrected chi connectivity index (χ2v) is 8.21. The molecule has 1 N–H and O–H groups in total. The van der Waals surface area contributed by atoms with Crippen molar-refractivity contribution in [3.8, 4) is 11.1 Å². The predicted molar refractivity (Wildman–Crippen MR) is 113 cm³/mol. The molecule has 4 heterocycles. The lowest BCUT2D eigenvalue weighted by atomic mass is 9.82. The molecule has 2 aromatic heterocycles. The summed E-state index contributed by atoms with van der Waals surface area (Å²) >= 11 is 0. The Hall–Kier alpha value is -3.25. The van der Waals surface area contributed by atoms with Crippen LogP contribution in [0.1, 0.15) is 29.7 Å². The molecule has 2 aliphatic heterocycles. The standard InChI is InChI=1S/C24H23N3O3/c28-22-11-19(18-7-4-8-25-12-18)10-21-20-9-16(14-27(21)22)13-26(15-20)24(30)23(29)17-5-2-1-3-6-17/h1-8,10-12,16,20,23,29H,9,13-15H2/t16-,20+,23-/m0/s1. The summed E-state index contributed by atoms with van der Waals surface area (Å²) in [6.07, 6.45) is 3.25. The van der Waals surface area contributed by atoms with Gasteiger partial charge in [-0.05, 0) is 35.6 Å². The van der Waals surface area contributed by atoms with E-state index in [1.165, 1.54) is 0 Å². The number of amides is 1. The van der Waals surface area contributed by atoms with E-state index < -0.39 is 6.10 Å². The van der Waals surface area contributed by atoms with Gasteiger partial charge in [0.1, 0.15) is 0 Å². The number of carbonyl (C=O) groups excluding carboxylic acids is 1. The highest BCUT2D eigenvalue weighted by Crippen LogP contribution is 2.37. The van der Waals surface area contributed by atoms with Gasteiger partial charge in [0.25, 0.3) is 11.5 Å². The number of aliphatic hydroxyl groups is 1. The lowest BCUT2D eigenvalue weighted by molar-refractivity contribution is -0.143. The van der Waals surface area contributed by atoms with Gasteiger partial charge in [-0.3, -0.25) is 14.6 Å². The van der Waals surface area contributed by atoms with E-state index in [9.17, 15) is 14.7 Å². The average Bonchev–Trinajstić information content (AvgIpc) is 2.79. The van der Waals surface area contributed by atoms with Gasteiger partial charge in [0.2, 0.25) is 0 Å². The van der Waals surface area contributed by atoms with Crippen LogP contribution in [-0.2, 0) is 11.3 Å². The molecule has 1 aromatic carbocycles. The Morgan fingerprint density at radius 2 is 1.87 bits per heavy atom. The van der Waals surface area contributed by atoms with Crippen LogP contribution in [0.15, 0.2) is 71.8 Å². The number of likely N-dealkylation sites (tertiary alicyclic amines) is 1. The first-order valence-electron chi connectivity index (χ1n) is 10.3. The number of fused-ring (bicyclic) bond motifs is 4. The number of piperidine rings is 1. The van der Waals surface area contributed by atoms with Crippen molar-refractivity contribution in [2.24, 2.45) is 5.92 Å². The largest absolute Gasteiger partial charge is 0.378 e. The molecule has 3 aromatic rings. The molecule has 0 saturated carbocycles. The van der Waals surface area contributed by atoms with Crippen LogP contribution in [0.2, 0.25) is 0 Å². The fourth-order valence-electron chi connectivity index (χ4n) is 4.79. The summed E-state index contributed by atoms with van der Waals surface area (Å²) in [5.74, 6) is 0.0222. The van der Waals surface area contributed by atoms with Gasteiger partial charge in [0.05, 0.1) is 0 Å². The normalized spacial score (nSPS) is 21.0. The second-order valence-electron chi connectivity index (χ2n) is 8.21. The SMILES string of the molecule is O=C([C@@H](O)c1ccccc1)N1C[C@@H]2C[C@H](C1)c1cc(-c3cccnc3)cc(=O)n1C2. The molecular formula is C24H23N3O3. The van der Waals surface area contributed by atoms with Crippen molar-refractivity contribution in [1.29, 1.82) is 0 Å². The summed E-state index contributed by atoms with van der Waals surface area (Å²) in [6.45, 7) is 1.67. The number of hydrogen-bond donors (Lipinski definition) is 1. The first-order chi connectivity index (χ1) is 14.6. The molecule has 1 saturated heterocycles. The first kappa shape index (κ1) is 18.8. The van der Waals surface area contributed by atoms with Gasteiger partial charge in [0, 0.05) is 55.3 Å². The number of benzene rings is 1. The zero-order valence-corrected chi connectivity index (χ0v) is 16.5. The summed E-state index contributed by atoms with van der Waals surface area (Å²) in [6, 6.07) is 16.6. The maximum atomic E-state index is 13.0. The van der Waals surface area contributed by atoms with Gasteiger partial charge >= 0.3 is 0 Å². The maximum absolute atomic E-state index is 13.0. The van der Waals surface area contributed by atoms with Crippen molar-refractivity contribution in [2.75, 3.05) is 13.1 Å². The molecular weight excluding hydrogens is 378 g/mol. The fourth-order valence-corrected chi connectivity index (χ4v) is 4.79. The van der Waals surface area contributed by atoms with Crippen molar-refractivity contribution >= 4 is 5.91 Å². The molecule has 0 unspecified atom stereocenters. The molecule has 1 fully saturated rings. The summed E-state index contributed by atoms with van der Waals surface area (Å²) in [7, 11) is 0. The summed E-state index contributed by atoms with van der Waals surface area (Å²) in [5, 5.41) is 10.6. The Kier molecular flexibility index (Phi) is 4.71. The number of rotatable bonds is 3. The average molecular weight is 401 g/mol. The van der Waals surface area contributed by atoms with Crippen molar-refractivity contribution in [1.82, 2.24) is 14.5 Å². The summed E-state index contributed by atoms with van der Waals surface area (Å²) in [4.78, 5) is 31.7. The number of nitrogens with zero attached hydrogens (tertiary/aromatic N) is 3. The van der Waals surface area contributed by atoms with E-state index in [4.69, 9.17) is 0 Å².